The Kier molecular flexibility index (Phi) is 5.39. The smallest absolute Gasteiger partial charge is 0.309 e. The zero-order valence-corrected chi connectivity index (χ0v) is 13.6. The number of carbonyl (C=O) groups is 1. The summed E-state index contributed by atoms with van der Waals surface area (Å²) in [6, 6.07) is 14.0. The van der Waals surface area contributed by atoms with Gasteiger partial charge in [0.1, 0.15) is 5.75 Å². The lowest BCUT2D eigenvalue weighted by Gasteiger charge is -2.10. The molecular formula is C17H17BrO3. The van der Waals surface area contributed by atoms with Gasteiger partial charge in [-0.2, -0.15) is 0 Å². The fourth-order valence-electron chi connectivity index (χ4n) is 2.16. The minimum absolute atomic E-state index is 0.233. The normalized spacial score (nSPS) is 10.2. The van der Waals surface area contributed by atoms with Crippen molar-refractivity contribution in [2.75, 3.05) is 14.2 Å². The van der Waals surface area contributed by atoms with Crippen LogP contribution in [0.1, 0.15) is 11.1 Å². The largest absolute Gasteiger partial charge is 0.496 e. The van der Waals surface area contributed by atoms with E-state index in [1.807, 2.05) is 36.4 Å². The molecule has 21 heavy (non-hydrogen) atoms. The molecule has 110 valence electrons. The van der Waals surface area contributed by atoms with Crippen molar-refractivity contribution in [1.29, 1.82) is 0 Å². The number of carbonyl (C=O) groups excluding carboxylic acids is 1. The van der Waals surface area contributed by atoms with Crippen LogP contribution in [-0.4, -0.2) is 20.2 Å². The van der Waals surface area contributed by atoms with Crippen LogP contribution in [0, 0.1) is 0 Å². The second-order valence-electron chi connectivity index (χ2n) is 4.61. The average Bonchev–Trinajstić information content (AvgIpc) is 2.54. The summed E-state index contributed by atoms with van der Waals surface area (Å²) >= 11 is 3.47. The second kappa shape index (κ2) is 7.27. The molecule has 0 unspecified atom stereocenters. The molecule has 0 heterocycles. The van der Waals surface area contributed by atoms with Crippen LogP contribution in [0.5, 0.6) is 5.75 Å². The molecule has 0 aliphatic rings. The predicted molar refractivity (Wildman–Crippen MR) is 86.8 cm³/mol. The molecule has 0 fully saturated rings. The van der Waals surface area contributed by atoms with Gasteiger partial charge >= 0.3 is 5.97 Å². The third-order valence-electron chi connectivity index (χ3n) is 3.26. The van der Waals surface area contributed by atoms with Crippen LogP contribution < -0.4 is 4.74 Å². The molecular weight excluding hydrogens is 332 g/mol. The number of hydrogen-bond donors (Lipinski definition) is 0. The van der Waals surface area contributed by atoms with E-state index in [1.54, 1.807) is 7.11 Å². The van der Waals surface area contributed by atoms with Gasteiger partial charge in [-0.3, -0.25) is 4.79 Å². The first-order valence-corrected chi connectivity index (χ1v) is 7.69. The molecule has 0 amide bonds. The first-order chi connectivity index (χ1) is 10.2. The highest BCUT2D eigenvalue weighted by atomic mass is 79.9. The Hall–Kier alpha value is -1.81. The van der Waals surface area contributed by atoms with Gasteiger partial charge in [-0.15, -0.1) is 0 Å². The van der Waals surface area contributed by atoms with Crippen LogP contribution in [-0.2, 0) is 21.3 Å². The average molecular weight is 349 g/mol. The number of rotatable bonds is 5. The van der Waals surface area contributed by atoms with Gasteiger partial charge in [-0.25, -0.2) is 0 Å². The maximum atomic E-state index is 11.4. The van der Waals surface area contributed by atoms with E-state index in [1.165, 1.54) is 7.11 Å². The summed E-state index contributed by atoms with van der Waals surface area (Å²) in [5.41, 5.74) is 4.20. The number of halogens is 1. The van der Waals surface area contributed by atoms with E-state index in [9.17, 15) is 4.79 Å². The highest BCUT2D eigenvalue weighted by Crippen LogP contribution is 2.28. The lowest BCUT2D eigenvalue weighted by Crippen LogP contribution is -2.04. The maximum absolute atomic E-state index is 11.4. The molecule has 0 N–H and O–H groups in total. The summed E-state index contributed by atoms with van der Waals surface area (Å²) in [6.45, 7) is 0. The lowest BCUT2D eigenvalue weighted by atomic mass is 10.00. The third kappa shape index (κ3) is 3.85. The van der Waals surface area contributed by atoms with Crippen molar-refractivity contribution < 1.29 is 14.3 Å². The number of methoxy groups -OCH3 is 2. The lowest BCUT2D eigenvalue weighted by molar-refractivity contribution is -0.139. The monoisotopic (exact) mass is 348 g/mol. The maximum Gasteiger partial charge on any atom is 0.309 e. The van der Waals surface area contributed by atoms with Crippen LogP contribution >= 0.6 is 15.9 Å². The molecule has 0 aliphatic heterocycles. The van der Waals surface area contributed by atoms with Gasteiger partial charge in [0.2, 0.25) is 0 Å². The minimum Gasteiger partial charge on any atom is -0.496 e. The predicted octanol–water partition coefficient (Wildman–Crippen LogP) is 3.97. The highest BCUT2D eigenvalue weighted by molar-refractivity contribution is 9.08. The number of ether oxygens (including phenoxy) is 2. The third-order valence-corrected chi connectivity index (χ3v) is 3.86. The standard InChI is InChI=1S/C17H17BrO3/c1-20-16-7-6-14(10-15(16)11-18)13-5-3-4-12(8-13)9-17(19)21-2/h3-8,10H,9,11H2,1-2H3. The Labute approximate surface area is 133 Å². The number of hydrogen-bond acceptors (Lipinski definition) is 3. The number of alkyl halides is 1. The van der Waals surface area contributed by atoms with Crippen molar-refractivity contribution in [1.82, 2.24) is 0 Å². The van der Waals surface area contributed by atoms with E-state index >= 15 is 0 Å². The molecule has 0 aliphatic carbocycles. The van der Waals surface area contributed by atoms with E-state index in [4.69, 9.17) is 9.47 Å². The summed E-state index contributed by atoms with van der Waals surface area (Å²) in [4.78, 5) is 11.4. The SMILES string of the molecule is COC(=O)Cc1cccc(-c2ccc(OC)c(CBr)c2)c1. The van der Waals surface area contributed by atoms with Crippen molar-refractivity contribution in [2.24, 2.45) is 0 Å². The molecule has 2 aromatic rings. The summed E-state index contributed by atoms with van der Waals surface area (Å²) in [5, 5.41) is 0.728. The van der Waals surface area contributed by atoms with Crippen LogP contribution in [0.25, 0.3) is 11.1 Å². The van der Waals surface area contributed by atoms with E-state index < -0.39 is 0 Å². The van der Waals surface area contributed by atoms with Crippen molar-refractivity contribution >= 4 is 21.9 Å². The van der Waals surface area contributed by atoms with Crippen molar-refractivity contribution in [2.45, 2.75) is 11.8 Å². The zero-order valence-electron chi connectivity index (χ0n) is 12.1. The molecule has 0 atom stereocenters. The van der Waals surface area contributed by atoms with E-state index in [0.717, 1.165) is 33.3 Å². The molecule has 2 aromatic carbocycles. The van der Waals surface area contributed by atoms with E-state index in [-0.39, 0.29) is 12.4 Å². The van der Waals surface area contributed by atoms with Crippen LogP contribution in [0.15, 0.2) is 42.5 Å². The first-order valence-electron chi connectivity index (χ1n) is 6.57. The molecule has 0 radical (unpaired) electrons. The molecule has 3 nitrogen and oxygen atoms in total. The zero-order chi connectivity index (χ0) is 15.2. The number of esters is 1. The fourth-order valence-corrected chi connectivity index (χ4v) is 2.60. The summed E-state index contributed by atoms with van der Waals surface area (Å²) in [5.74, 6) is 0.629. The topological polar surface area (TPSA) is 35.5 Å². The molecule has 0 spiro atoms. The van der Waals surface area contributed by atoms with Gasteiger partial charge in [0.15, 0.2) is 0 Å². The Morgan fingerprint density at radius 1 is 1.10 bits per heavy atom. The molecule has 0 bridgehead atoms. The number of benzene rings is 2. The second-order valence-corrected chi connectivity index (χ2v) is 5.17. The highest BCUT2D eigenvalue weighted by Gasteiger charge is 2.07. The Morgan fingerprint density at radius 3 is 2.52 bits per heavy atom. The van der Waals surface area contributed by atoms with E-state index in [0.29, 0.717) is 0 Å². The van der Waals surface area contributed by atoms with Crippen molar-refractivity contribution in [3.05, 3.63) is 53.6 Å². The molecule has 4 heteroatoms. The summed E-state index contributed by atoms with van der Waals surface area (Å²) in [7, 11) is 3.07. The Bertz CT molecular complexity index is 638. The molecule has 0 aromatic heterocycles. The van der Waals surface area contributed by atoms with Crippen LogP contribution in [0.3, 0.4) is 0 Å². The van der Waals surface area contributed by atoms with Gasteiger partial charge in [0.25, 0.3) is 0 Å². The fraction of sp³-hybridized carbons (Fsp3) is 0.235. The van der Waals surface area contributed by atoms with Crippen LogP contribution in [0.2, 0.25) is 0 Å². The molecule has 2 rings (SSSR count). The van der Waals surface area contributed by atoms with Gasteiger partial charge in [-0.05, 0) is 28.8 Å². The first kappa shape index (κ1) is 15.6. The van der Waals surface area contributed by atoms with Crippen molar-refractivity contribution in [3.8, 4) is 16.9 Å². The quantitative estimate of drug-likeness (QED) is 0.605. The van der Waals surface area contributed by atoms with Crippen LogP contribution in [0.4, 0.5) is 0 Å². The minimum atomic E-state index is -0.233. The van der Waals surface area contributed by atoms with Gasteiger partial charge in [-0.1, -0.05) is 46.3 Å². The molecule has 0 saturated heterocycles. The summed E-state index contributed by atoms with van der Waals surface area (Å²) < 4.78 is 10.0. The Morgan fingerprint density at radius 2 is 1.86 bits per heavy atom. The van der Waals surface area contributed by atoms with Gasteiger partial charge in [0.05, 0.1) is 20.6 Å². The van der Waals surface area contributed by atoms with Gasteiger partial charge in [0, 0.05) is 10.9 Å². The summed E-state index contributed by atoms with van der Waals surface area (Å²) in [6.07, 6.45) is 0.284. The van der Waals surface area contributed by atoms with Gasteiger partial charge < -0.3 is 9.47 Å². The molecule has 0 saturated carbocycles. The van der Waals surface area contributed by atoms with E-state index in [2.05, 4.69) is 22.0 Å². The Balaban J connectivity index is 2.33. The van der Waals surface area contributed by atoms with Crippen molar-refractivity contribution in [3.63, 3.8) is 0 Å².